The topological polar surface area (TPSA) is 68.6 Å². The van der Waals surface area contributed by atoms with Crippen molar-refractivity contribution >= 4 is 29.0 Å². The Balaban J connectivity index is 1.42. The summed E-state index contributed by atoms with van der Waals surface area (Å²) in [5.74, 6) is 1.15. The van der Waals surface area contributed by atoms with Crippen LogP contribution in [-0.2, 0) is 4.74 Å². The number of methoxy groups -OCH3 is 1. The van der Waals surface area contributed by atoms with Crippen LogP contribution in [0.2, 0.25) is 0 Å². The molecule has 0 unspecified atom stereocenters. The molecule has 2 aromatic heterocycles. The molecule has 3 aromatic carbocycles. The fourth-order valence-corrected chi connectivity index (χ4v) is 5.97. The molecule has 7 nitrogen and oxygen atoms in total. The molecule has 1 N–H and O–H groups in total. The molecule has 42 heavy (non-hydrogen) atoms. The minimum atomic E-state index is -0.369. The third-order valence-corrected chi connectivity index (χ3v) is 7.82. The molecular formula is C34H30N4O3S. The summed E-state index contributed by atoms with van der Waals surface area (Å²) in [6.07, 6.45) is 1.80. The SMILES string of the molecule is COC(=O)c1cccc(-n2c(C)cc([C@@H]3[C@@H](c4ccccn4)NC(=S)N3c3ccc(Oc4ccccc4)cc3)c2C)c1. The van der Waals surface area contributed by atoms with Gasteiger partial charge in [-0.3, -0.25) is 4.98 Å². The normalized spacial score (nSPS) is 16.3. The van der Waals surface area contributed by atoms with Gasteiger partial charge in [0, 0.05) is 29.0 Å². The van der Waals surface area contributed by atoms with Crippen LogP contribution in [0.4, 0.5) is 5.69 Å². The Labute approximate surface area is 250 Å². The highest BCUT2D eigenvalue weighted by Crippen LogP contribution is 2.44. The number of rotatable bonds is 7. The Bertz CT molecular complexity index is 1740. The number of para-hydroxylation sites is 1. The number of nitrogens with one attached hydrogen (secondary N) is 1. The van der Waals surface area contributed by atoms with Gasteiger partial charge >= 0.3 is 5.97 Å². The molecule has 0 radical (unpaired) electrons. The van der Waals surface area contributed by atoms with Crippen LogP contribution in [0.3, 0.4) is 0 Å². The van der Waals surface area contributed by atoms with E-state index >= 15 is 0 Å². The number of pyridine rings is 1. The van der Waals surface area contributed by atoms with E-state index in [1.807, 2.05) is 91.0 Å². The molecule has 6 rings (SSSR count). The fourth-order valence-electron chi connectivity index (χ4n) is 5.62. The van der Waals surface area contributed by atoms with Gasteiger partial charge in [-0.2, -0.15) is 0 Å². The van der Waals surface area contributed by atoms with E-state index in [1.165, 1.54) is 7.11 Å². The number of hydrogen-bond donors (Lipinski definition) is 1. The minimum Gasteiger partial charge on any atom is -0.465 e. The van der Waals surface area contributed by atoms with E-state index in [0.29, 0.717) is 10.7 Å². The number of ether oxygens (including phenoxy) is 2. The summed E-state index contributed by atoms with van der Waals surface area (Å²) in [4.78, 5) is 19.1. The average Bonchev–Trinajstić information content (AvgIpc) is 3.52. The monoisotopic (exact) mass is 574 g/mol. The number of aryl methyl sites for hydroxylation is 1. The molecule has 1 aliphatic rings. The number of nitrogens with zero attached hydrogens (tertiary/aromatic N) is 3. The standard InChI is InChI=1S/C34H30N4O3S/c1-22-20-29(23(2)37(22)26-11-9-10-24(21-26)33(39)40-3)32-31(30-14-7-8-19-35-30)36-34(42)38(32)25-15-17-28(18-16-25)41-27-12-5-4-6-13-27/h4-21,31-32H,1-3H3,(H,36,42)/t31-,32-/m1/s1. The van der Waals surface area contributed by atoms with E-state index in [4.69, 9.17) is 26.7 Å². The molecule has 1 aliphatic heterocycles. The van der Waals surface area contributed by atoms with Gasteiger partial charge < -0.3 is 24.3 Å². The van der Waals surface area contributed by atoms with E-state index in [2.05, 4.69) is 34.7 Å². The molecule has 3 heterocycles. The predicted octanol–water partition coefficient (Wildman–Crippen LogP) is 7.25. The lowest BCUT2D eigenvalue weighted by Gasteiger charge is -2.28. The number of anilines is 1. The van der Waals surface area contributed by atoms with Gasteiger partial charge in [0.25, 0.3) is 0 Å². The van der Waals surface area contributed by atoms with E-state index < -0.39 is 0 Å². The van der Waals surface area contributed by atoms with Gasteiger partial charge in [-0.1, -0.05) is 30.3 Å². The largest absolute Gasteiger partial charge is 0.465 e. The second-order valence-electron chi connectivity index (χ2n) is 10.1. The number of thiocarbonyl (C=S) groups is 1. The molecule has 210 valence electrons. The van der Waals surface area contributed by atoms with E-state index in [9.17, 15) is 4.79 Å². The Hall–Kier alpha value is -4.95. The maximum absolute atomic E-state index is 12.3. The first kappa shape index (κ1) is 27.2. The maximum atomic E-state index is 12.3. The number of hydrogen-bond acceptors (Lipinski definition) is 5. The van der Waals surface area contributed by atoms with Crippen LogP contribution in [-0.4, -0.2) is 27.7 Å². The number of aromatic nitrogens is 2. The van der Waals surface area contributed by atoms with Crippen LogP contribution in [0, 0.1) is 13.8 Å². The summed E-state index contributed by atoms with van der Waals surface area (Å²) in [5.41, 5.74) is 6.40. The van der Waals surface area contributed by atoms with Crippen molar-refractivity contribution in [3.63, 3.8) is 0 Å². The number of benzene rings is 3. The lowest BCUT2D eigenvalue weighted by atomic mass is 9.96. The van der Waals surface area contributed by atoms with Crippen LogP contribution in [0.5, 0.6) is 11.5 Å². The average molecular weight is 575 g/mol. The van der Waals surface area contributed by atoms with Crippen molar-refractivity contribution in [3.05, 3.63) is 138 Å². The first-order valence-corrected chi connectivity index (χ1v) is 14.1. The van der Waals surface area contributed by atoms with Crippen molar-refractivity contribution in [3.8, 4) is 17.2 Å². The molecule has 0 bridgehead atoms. The van der Waals surface area contributed by atoms with Crippen LogP contribution < -0.4 is 15.0 Å². The maximum Gasteiger partial charge on any atom is 0.337 e. The highest BCUT2D eigenvalue weighted by atomic mass is 32.1. The van der Waals surface area contributed by atoms with Crippen molar-refractivity contribution in [2.45, 2.75) is 25.9 Å². The van der Waals surface area contributed by atoms with Crippen molar-refractivity contribution < 1.29 is 14.3 Å². The molecular weight excluding hydrogens is 544 g/mol. The Morgan fingerprint density at radius 2 is 1.60 bits per heavy atom. The zero-order chi connectivity index (χ0) is 29.2. The molecule has 1 fully saturated rings. The summed E-state index contributed by atoms with van der Waals surface area (Å²) in [6.45, 7) is 4.16. The van der Waals surface area contributed by atoms with Crippen molar-refractivity contribution in [2.24, 2.45) is 0 Å². The van der Waals surface area contributed by atoms with Crippen LogP contribution in [0.15, 0.2) is 109 Å². The van der Waals surface area contributed by atoms with Gasteiger partial charge in [-0.05, 0) is 104 Å². The van der Waals surface area contributed by atoms with E-state index in [-0.39, 0.29) is 18.1 Å². The zero-order valence-electron chi connectivity index (χ0n) is 23.5. The lowest BCUT2D eigenvalue weighted by Crippen LogP contribution is -2.29. The Morgan fingerprint density at radius 1 is 0.857 bits per heavy atom. The fraction of sp³-hybridized carbons (Fsp3) is 0.147. The van der Waals surface area contributed by atoms with Crippen LogP contribution >= 0.6 is 12.2 Å². The highest BCUT2D eigenvalue weighted by Gasteiger charge is 2.42. The van der Waals surface area contributed by atoms with Gasteiger partial charge in [-0.15, -0.1) is 0 Å². The summed E-state index contributed by atoms with van der Waals surface area (Å²) >= 11 is 5.95. The van der Waals surface area contributed by atoms with Crippen molar-refractivity contribution in [2.75, 3.05) is 12.0 Å². The summed E-state index contributed by atoms with van der Waals surface area (Å²) in [6, 6.07) is 32.9. The quantitative estimate of drug-likeness (QED) is 0.162. The first-order valence-electron chi connectivity index (χ1n) is 13.7. The van der Waals surface area contributed by atoms with E-state index in [1.54, 1.807) is 12.3 Å². The van der Waals surface area contributed by atoms with Gasteiger partial charge in [0.15, 0.2) is 5.11 Å². The van der Waals surface area contributed by atoms with Gasteiger partial charge in [0.2, 0.25) is 0 Å². The van der Waals surface area contributed by atoms with Crippen molar-refractivity contribution in [1.29, 1.82) is 0 Å². The highest BCUT2D eigenvalue weighted by molar-refractivity contribution is 7.80. The first-order chi connectivity index (χ1) is 20.4. The number of esters is 1. The lowest BCUT2D eigenvalue weighted by molar-refractivity contribution is 0.0600. The zero-order valence-corrected chi connectivity index (χ0v) is 24.3. The minimum absolute atomic E-state index is 0.183. The third kappa shape index (κ3) is 5.12. The second kappa shape index (κ2) is 11.5. The molecule has 0 spiro atoms. The molecule has 2 atom stereocenters. The number of carbonyl (C=O) groups is 1. The third-order valence-electron chi connectivity index (χ3n) is 7.51. The summed E-state index contributed by atoms with van der Waals surface area (Å²) < 4.78 is 13.2. The second-order valence-corrected chi connectivity index (χ2v) is 10.5. The molecule has 0 amide bonds. The predicted molar refractivity (Wildman–Crippen MR) is 167 cm³/mol. The van der Waals surface area contributed by atoms with Crippen LogP contribution in [0.1, 0.15) is 45.1 Å². The summed E-state index contributed by atoms with van der Waals surface area (Å²) in [5, 5.41) is 4.16. The van der Waals surface area contributed by atoms with Crippen LogP contribution in [0.25, 0.3) is 5.69 Å². The molecule has 5 aromatic rings. The molecule has 1 saturated heterocycles. The Kier molecular flexibility index (Phi) is 7.46. The number of carbonyl (C=O) groups excluding carboxylic acids is 1. The molecule has 0 saturated carbocycles. The summed E-state index contributed by atoms with van der Waals surface area (Å²) in [7, 11) is 1.39. The van der Waals surface area contributed by atoms with Gasteiger partial charge in [0.05, 0.1) is 30.5 Å². The van der Waals surface area contributed by atoms with E-state index in [0.717, 1.165) is 45.5 Å². The van der Waals surface area contributed by atoms with Gasteiger partial charge in [0.1, 0.15) is 11.5 Å². The molecule has 8 heteroatoms. The smallest absolute Gasteiger partial charge is 0.337 e. The van der Waals surface area contributed by atoms with Crippen molar-refractivity contribution in [1.82, 2.24) is 14.9 Å². The molecule has 0 aliphatic carbocycles. The Morgan fingerprint density at radius 3 is 2.31 bits per heavy atom. The van der Waals surface area contributed by atoms with Gasteiger partial charge in [-0.25, -0.2) is 4.79 Å².